The van der Waals surface area contributed by atoms with Crippen LogP contribution in [0.2, 0.25) is 0 Å². The molecule has 0 radical (unpaired) electrons. The van der Waals surface area contributed by atoms with E-state index in [4.69, 9.17) is 5.73 Å². The molecule has 0 aliphatic heterocycles. The highest BCUT2D eigenvalue weighted by Gasteiger charge is 2.23. The Hall–Kier alpha value is -1.07. The van der Waals surface area contributed by atoms with Crippen LogP contribution in [-0.4, -0.2) is 15.0 Å². The van der Waals surface area contributed by atoms with Gasteiger partial charge in [-0.2, -0.15) is 0 Å². The number of nitrogen functional groups attached to an aromatic ring is 1. The molecule has 3 N–H and O–H groups in total. The summed E-state index contributed by atoms with van der Waals surface area (Å²) >= 11 is 0. The molecule has 0 saturated heterocycles. The molecule has 1 aromatic carbocycles. The normalized spacial score (nSPS) is 23.2. The fourth-order valence-electron chi connectivity index (χ4n) is 3.18. The van der Waals surface area contributed by atoms with Gasteiger partial charge in [-0.05, 0) is 61.8 Å². The van der Waals surface area contributed by atoms with E-state index in [1.54, 1.807) is 12.1 Å². The first-order valence-corrected chi connectivity index (χ1v) is 9.14. The molecule has 1 aromatic rings. The molecule has 21 heavy (non-hydrogen) atoms. The molecule has 0 aromatic heterocycles. The van der Waals surface area contributed by atoms with Crippen LogP contribution in [0.1, 0.15) is 43.7 Å². The molecule has 1 saturated carbocycles. The van der Waals surface area contributed by atoms with Crippen LogP contribution in [0.5, 0.6) is 0 Å². The van der Waals surface area contributed by atoms with E-state index in [9.17, 15) is 8.42 Å². The Bertz CT molecular complexity index is 611. The molecule has 1 aliphatic carbocycles. The lowest BCUT2D eigenvalue weighted by molar-refractivity contribution is 0.283. The lowest BCUT2D eigenvalue weighted by Gasteiger charge is -2.26. The van der Waals surface area contributed by atoms with Gasteiger partial charge < -0.3 is 5.73 Å². The maximum atomic E-state index is 12.5. The van der Waals surface area contributed by atoms with Crippen LogP contribution in [0.15, 0.2) is 17.0 Å². The number of anilines is 1. The number of hydrogen-bond acceptors (Lipinski definition) is 3. The number of nitrogens with two attached hydrogens (primary N) is 1. The first kappa shape index (κ1) is 16.3. The van der Waals surface area contributed by atoms with Crippen LogP contribution >= 0.6 is 0 Å². The third kappa shape index (κ3) is 3.98. The van der Waals surface area contributed by atoms with Crippen LogP contribution in [0.25, 0.3) is 0 Å². The van der Waals surface area contributed by atoms with Crippen LogP contribution in [0, 0.1) is 25.7 Å². The average molecular weight is 310 g/mol. The summed E-state index contributed by atoms with van der Waals surface area (Å²) < 4.78 is 27.8. The minimum absolute atomic E-state index is 0.309. The molecule has 5 heteroatoms. The van der Waals surface area contributed by atoms with Gasteiger partial charge in [-0.15, -0.1) is 0 Å². The van der Waals surface area contributed by atoms with Crippen molar-refractivity contribution >= 4 is 15.7 Å². The van der Waals surface area contributed by atoms with E-state index in [1.807, 2.05) is 13.8 Å². The summed E-state index contributed by atoms with van der Waals surface area (Å²) in [5, 5.41) is 0. The summed E-state index contributed by atoms with van der Waals surface area (Å²) in [6.07, 6.45) is 4.68. The second kappa shape index (κ2) is 6.36. The standard InChI is InChI=1S/C16H26N2O2S/c1-11-5-4-6-14(7-11)10-18-21(19,20)16-9-15(17)8-12(2)13(16)3/h8-9,11,14,18H,4-7,10,17H2,1-3H3. The molecule has 0 amide bonds. The van der Waals surface area contributed by atoms with Gasteiger partial charge in [0.2, 0.25) is 10.0 Å². The Kier molecular flexibility index (Phi) is 4.94. The lowest BCUT2D eigenvalue weighted by atomic mass is 9.83. The van der Waals surface area contributed by atoms with Gasteiger partial charge >= 0.3 is 0 Å². The second-order valence-corrected chi connectivity index (χ2v) is 8.19. The quantitative estimate of drug-likeness (QED) is 0.840. The van der Waals surface area contributed by atoms with E-state index in [0.29, 0.717) is 29.0 Å². The van der Waals surface area contributed by atoms with E-state index in [2.05, 4.69) is 11.6 Å². The summed E-state index contributed by atoms with van der Waals surface area (Å²) in [5.74, 6) is 1.15. The van der Waals surface area contributed by atoms with Crippen LogP contribution in [0.4, 0.5) is 5.69 Å². The van der Waals surface area contributed by atoms with Crippen molar-refractivity contribution < 1.29 is 8.42 Å². The lowest BCUT2D eigenvalue weighted by Crippen LogP contribution is -2.32. The Balaban J connectivity index is 2.12. The predicted molar refractivity (Wildman–Crippen MR) is 86.6 cm³/mol. The van der Waals surface area contributed by atoms with Gasteiger partial charge in [0.05, 0.1) is 4.90 Å². The number of rotatable bonds is 4. The smallest absolute Gasteiger partial charge is 0.240 e. The van der Waals surface area contributed by atoms with Gasteiger partial charge in [0.1, 0.15) is 0 Å². The molecule has 1 aliphatic rings. The van der Waals surface area contributed by atoms with Gasteiger partial charge in [-0.1, -0.05) is 19.8 Å². The fourth-order valence-corrected chi connectivity index (χ4v) is 4.65. The zero-order valence-electron chi connectivity index (χ0n) is 13.1. The van der Waals surface area contributed by atoms with Crippen LogP contribution < -0.4 is 10.5 Å². The maximum absolute atomic E-state index is 12.5. The monoisotopic (exact) mass is 310 g/mol. The van der Waals surface area contributed by atoms with E-state index < -0.39 is 10.0 Å². The highest BCUT2D eigenvalue weighted by molar-refractivity contribution is 7.89. The minimum atomic E-state index is -3.48. The molecule has 2 unspecified atom stereocenters. The predicted octanol–water partition coefficient (Wildman–Crippen LogP) is 2.99. The number of sulfonamides is 1. The van der Waals surface area contributed by atoms with Crippen LogP contribution in [-0.2, 0) is 10.0 Å². The molecular weight excluding hydrogens is 284 g/mol. The van der Waals surface area contributed by atoms with Crippen LogP contribution in [0.3, 0.4) is 0 Å². The molecule has 2 rings (SSSR count). The summed E-state index contributed by atoms with van der Waals surface area (Å²) in [7, 11) is -3.48. The highest BCUT2D eigenvalue weighted by atomic mass is 32.2. The molecule has 0 heterocycles. The Morgan fingerprint density at radius 2 is 2.00 bits per heavy atom. The number of aryl methyl sites for hydroxylation is 1. The molecule has 4 nitrogen and oxygen atoms in total. The van der Waals surface area contributed by atoms with Gasteiger partial charge in [0.15, 0.2) is 0 Å². The van der Waals surface area contributed by atoms with Crippen molar-refractivity contribution in [3.05, 3.63) is 23.3 Å². The number of hydrogen-bond donors (Lipinski definition) is 2. The summed E-state index contributed by atoms with van der Waals surface area (Å²) in [4.78, 5) is 0.309. The molecule has 1 fully saturated rings. The Morgan fingerprint density at radius 1 is 1.29 bits per heavy atom. The van der Waals surface area contributed by atoms with Crippen molar-refractivity contribution in [1.29, 1.82) is 0 Å². The van der Waals surface area contributed by atoms with E-state index in [-0.39, 0.29) is 0 Å². The molecule has 0 spiro atoms. The minimum Gasteiger partial charge on any atom is -0.399 e. The SMILES string of the molecule is Cc1cc(N)cc(S(=O)(=O)NCC2CCCC(C)C2)c1C. The summed E-state index contributed by atoms with van der Waals surface area (Å²) in [5.41, 5.74) is 7.96. The maximum Gasteiger partial charge on any atom is 0.240 e. The largest absolute Gasteiger partial charge is 0.399 e. The van der Waals surface area contributed by atoms with Crippen molar-refractivity contribution in [3.63, 3.8) is 0 Å². The van der Waals surface area contributed by atoms with Crippen molar-refractivity contribution in [3.8, 4) is 0 Å². The first-order valence-electron chi connectivity index (χ1n) is 7.66. The number of benzene rings is 1. The van der Waals surface area contributed by atoms with Gasteiger partial charge in [0, 0.05) is 12.2 Å². The van der Waals surface area contributed by atoms with Crippen molar-refractivity contribution in [2.45, 2.75) is 51.3 Å². The van der Waals surface area contributed by atoms with Gasteiger partial charge in [-0.3, -0.25) is 0 Å². The zero-order chi connectivity index (χ0) is 15.6. The van der Waals surface area contributed by atoms with E-state index in [1.165, 1.54) is 12.8 Å². The first-order chi connectivity index (χ1) is 9.79. The van der Waals surface area contributed by atoms with Crippen molar-refractivity contribution in [1.82, 2.24) is 4.72 Å². The fraction of sp³-hybridized carbons (Fsp3) is 0.625. The Labute approximate surface area is 128 Å². The summed E-state index contributed by atoms with van der Waals surface area (Å²) in [6.45, 7) is 6.48. The van der Waals surface area contributed by atoms with E-state index in [0.717, 1.165) is 24.0 Å². The zero-order valence-corrected chi connectivity index (χ0v) is 14.0. The third-order valence-electron chi connectivity index (χ3n) is 4.54. The molecular formula is C16H26N2O2S. The van der Waals surface area contributed by atoms with Gasteiger partial charge in [-0.25, -0.2) is 13.1 Å². The topological polar surface area (TPSA) is 72.2 Å². The van der Waals surface area contributed by atoms with E-state index >= 15 is 0 Å². The molecule has 2 atom stereocenters. The highest BCUT2D eigenvalue weighted by Crippen LogP contribution is 2.28. The second-order valence-electron chi connectivity index (χ2n) is 6.45. The summed E-state index contributed by atoms with van der Waals surface area (Å²) in [6, 6.07) is 3.35. The number of nitrogens with one attached hydrogen (secondary N) is 1. The third-order valence-corrected chi connectivity index (χ3v) is 6.09. The van der Waals surface area contributed by atoms with Gasteiger partial charge in [0.25, 0.3) is 0 Å². The van der Waals surface area contributed by atoms with Crippen molar-refractivity contribution in [2.24, 2.45) is 11.8 Å². The average Bonchev–Trinajstić information content (AvgIpc) is 2.41. The molecule has 118 valence electrons. The Morgan fingerprint density at radius 3 is 2.67 bits per heavy atom. The molecule has 0 bridgehead atoms. The van der Waals surface area contributed by atoms with Crippen molar-refractivity contribution in [2.75, 3.05) is 12.3 Å².